The molecule has 0 N–H and O–H groups in total. The van der Waals surface area contributed by atoms with Crippen molar-refractivity contribution in [2.45, 2.75) is 58.4 Å². The Bertz CT molecular complexity index is 803. The maximum absolute atomic E-state index is 12.9. The third kappa shape index (κ3) is 5.64. The Labute approximate surface area is 178 Å². The van der Waals surface area contributed by atoms with Crippen LogP contribution >= 0.6 is 0 Å². The van der Waals surface area contributed by atoms with E-state index in [1.54, 1.807) is 4.68 Å². The van der Waals surface area contributed by atoms with Crippen LogP contribution in [0, 0.1) is 5.92 Å². The molecule has 1 aromatic carbocycles. The monoisotopic (exact) mass is 412 g/mol. The molecule has 1 aromatic heterocycles. The van der Waals surface area contributed by atoms with E-state index >= 15 is 0 Å². The average molecular weight is 413 g/mol. The number of tetrazole rings is 1. The summed E-state index contributed by atoms with van der Waals surface area (Å²) in [6, 6.07) is 10.2. The topological polar surface area (TPSA) is 76.4 Å². The van der Waals surface area contributed by atoms with Gasteiger partial charge in [-0.05, 0) is 60.7 Å². The molecule has 0 unspecified atom stereocenters. The van der Waals surface area contributed by atoms with E-state index < -0.39 is 0 Å². The number of hydrogen-bond acceptors (Lipinski definition) is 6. The van der Waals surface area contributed by atoms with Crippen molar-refractivity contribution >= 4 is 5.91 Å². The van der Waals surface area contributed by atoms with Crippen LogP contribution in [0.1, 0.15) is 44.0 Å². The van der Waals surface area contributed by atoms with Crippen LogP contribution < -0.4 is 0 Å². The molecule has 2 aliphatic rings. The van der Waals surface area contributed by atoms with Gasteiger partial charge in [-0.25, -0.2) is 4.68 Å². The van der Waals surface area contributed by atoms with Crippen molar-refractivity contribution in [1.82, 2.24) is 30.0 Å². The van der Waals surface area contributed by atoms with E-state index in [4.69, 9.17) is 4.74 Å². The molecule has 0 bridgehead atoms. The van der Waals surface area contributed by atoms with Crippen molar-refractivity contribution in [3.63, 3.8) is 0 Å². The van der Waals surface area contributed by atoms with Crippen LogP contribution in [0.25, 0.3) is 0 Å². The lowest BCUT2D eigenvalue weighted by Gasteiger charge is -2.33. The number of benzene rings is 1. The number of likely N-dealkylation sites (tertiary alicyclic amines) is 2. The average Bonchev–Trinajstić information content (AvgIpc) is 3.21. The first-order chi connectivity index (χ1) is 14.7. The second-order valence-corrected chi connectivity index (χ2v) is 8.61. The third-order valence-electron chi connectivity index (χ3n) is 6.19. The Hall–Kier alpha value is -2.32. The summed E-state index contributed by atoms with van der Waals surface area (Å²) in [6.45, 7) is 7.31. The molecule has 4 rings (SSSR count). The van der Waals surface area contributed by atoms with E-state index in [2.05, 4.69) is 39.5 Å². The van der Waals surface area contributed by atoms with Gasteiger partial charge in [-0.1, -0.05) is 37.3 Å². The lowest BCUT2D eigenvalue weighted by molar-refractivity contribution is -0.136. The number of ether oxygens (including phenoxy) is 1. The standard InChI is InChI=1S/C22H32N6O2/c1-18-9-12-26(13-10-18)15-21-23-24-25-28(21)16-22(29)27-11-5-8-20(14-27)30-17-19-6-3-2-4-7-19/h2-4,6-7,18,20H,5,8-17H2,1H3/t20-/m0/s1. The number of rotatable bonds is 7. The molecule has 2 aliphatic heterocycles. The quantitative estimate of drug-likeness (QED) is 0.693. The largest absolute Gasteiger partial charge is 0.372 e. The van der Waals surface area contributed by atoms with Gasteiger partial charge in [-0.3, -0.25) is 9.69 Å². The van der Waals surface area contributed by atoms with Crippen molar-refractivity contribution in [3.8, 4) is 0 Å². The molecule has 2 fully saturated rings. The van der Waals surface area contributed by atoms with Crippen LogP contribution in [0.4, 0.5) is 0 Å². The molecule has 0 radical (unpaired) electrons. The number of hydrogen-bond donors (Lipinski definition) is 0. The molecule has 8 nitrogen and oxygen atoms in total. The van der Waals surface area contributed by atoms with E-state index in [-0.39, 0.29) is 18.6 Å². The second kappa shape index (κ2) is 10.1. The van der Waals surface area contributed by atoms with Gasteiger partial charge in [0.25, 0.3) is 0 Å². The number of amides is 1. The molecule has 1 atom stereocenters. The number of aromatic nitrogens is 4. The fourth-order valence-corrected chi connectivity index (χ4v) is 4.20. The predicted octanol–water partition coefficient (Wildman–Crippen LogP) is 2.11. The van der Waals surface area contributed by atoms with E-state index in [0.29, 0.717) is 19.7 Å². The SMILES string of the molecule is CC1CCN(Cc2nnnn2CC(=O)N2CCC[C@H](OCc3ccccc3)C2)CC1. The molecule has 2 aromatic rings. The zero-order valence-corrected chi connectivity index (χ0v) is 17.8. The molecule has 30 heavy (non-hydrogen) atoms. The van der Waals surface area contributed by atoms with Crippen LogP contribution in [-0.2, 0) is 29.2 Å². The normalized spacial score (nSPS) is 21.1. The van der Waals surface area contributed by atoms with Gasteiger partial charge in [0.15, 0.2) is 5.82 Å². The Balaban J connectivity index is 1.28. The molecule has 162 valence electrons. The van der Waals surface area contributed by atoms with Crippen LogP contribution in [0.15, 0.2) is 30.3 Å². The van der Waals surface area contributed by atoms with E-state index in [0.717, 1.165) is 49.8 Å². The molecular weight excluding hydrogens is 380 g/mol. The molecule has 1 amide bonds. The number of carbonyl (C=O) groups is 1. The fraction of sp³-hybridized carbons (Fsp3) is 0.636. The Morgan fingerprint density at radius 2 is 1.93 bits per heavy atom. The summed E-state index contributed by atoms with van der Waals surface area (Å²) in [6.07, 6.45) is 4.43. The minimum atomic E-state index is 0.0591. The molecule has 0 saturated carbocycles. The van der Waals surface area contributed by atoms with Gasteiger partial charge in [0, 0.05) is 13.1 Å². The molecule has 8 heteroatoms. The molecular formula is C22H32N6O2. The van der Waals surface area contributed by atoms with Crippen molar-refractivity contribution < 1.29 is 9.53 Å². The smallest absolute Gasteiger partial charge is 0.244 e. The lowest BCUT2D eigenvalue weighted by atomic mass is 9.99. The Kier molecular flexibility index (Phi) is 7.07. The molecule has 0 aliphatic carbocycles. The number of nitrogens with zero attached hydrogens (tertiary/aromatic N) is 6. The first kappa shape index (κ1) is 20.9. The highest BCUT2D eigenvalue weighted by Crippen LogP contribution is 2.18. The molecule has 3 heterocycles. The van der Waals surface area contributed by atoms with Crippen LogP contribution in [0.5, 0.6) is 0 Å². The number of piperidine rings is 2. The van der Waals surface area contributed by atoms with Crippen molar-refractivity contribution in [2.24, 2.45) is 5.92 Å². The van der Waals surface area contributed by atoms with Gasteiger partial charge in [-0.2, -0.15) is 0 Å². The minimum Gasteiger partial charge on any atom is -0.372 e. The van der Waals surface area contributed by atoms with E-state index in [1.165, 1.54) is 12.8 Å². The fourth-order valence-electron chi connectivity index (χ4n) is 4.20. The number of carbonyl (C=O) groups excluding carboxylic acids is 1. The zero-order chi connectivity index (χ0) is 20.8. The van der Waals surface area contributed by atoms with Gasteiger partial charge in [0.1, 0.15) is 6.54 Å². The van der Waals surface area contributed by atoms with E-state index in [9.17, 15) is 4.79 Å². The van der Waals surface area contributed by atoms with E-state index in [1.807, 2.05) is 23.1 Å². The van der Waals surface area contributed by atoms with Gasteiger partial charge in [0.05, 0.1) is 19.3 Å². The highest BCUT2D eigenvalue weighted by molar-refractivity contribution is 5.76. The van der Waals surface area contributed by atoms with Crippen molar-refractivity contribution in [3.05, 3.63) is 41.7 Å². The summed E-state index contributed by atoms with van der Waals surface area (Å²) in [7, 11) is 0. The predicted molar refractivity (Wildman–Crippen MR) is 112 cm³/mol. The summed E-state index contributed by atoms with van der Waals surface area (Å²) in [5.74, 6) is 1.62. The highest BCUT2D eigenvalue weighted by atomic mass is 16.5. The maximum atomic E-state index is 12.9. The maximum Gasteiger partial charge on any atom is 0.244 e. The Morgan fingerprint density at radius 1 is 1.13 bits per heavy atom. The minimum absolute atomic E-state index is 0.0591. The van der Waals surface area contributed by atoms with Crippen LogP contribution in [0.3, 0.4) is 0 Å². The summed E-state index contributed by atoms with van der Waals surface area (Å²) < 4.78 is 7.73. The van der Waals surface area contributed by atoms with Gasteiger partial charge in [0.2, 0.25) is 5.91 Å². The summed E-state index contributed by atoms with van der Waals surface area (Å²) >= 11 is 0. The van der Waals surface area contributed by atoms with Gasteiger partial charge >= 0.3 is 0 Å². The summed E-state index contributed by atoms with van der Waals surface area (Å²) in [4.78, 5) is 17.2. The van der Waals surface area contributed by atoms with Crippen molar-refractivity contribution in [1.29, 1.82) is 0 Å². The first-order valence-electron chi connectivity index (χ1n) is 11.1. The first-order valence-corrected chi connectivity index (χ1v) is 11.1. The zero-order valence-electron chi connectivity index (χ0n) is 17.8. The van der Waals surface area contributed by atoms with Gasteiger partial charge in [-0.15, -0.1) is 5.10 Å². The third-order valence-corrected chi connectivity index (χ3v) is 6.19. The molecule has 0 spiro atoms. The van der Waals surface area contributed by atoms with Crippen molar-refractivity contribution in [2.75, 3.05) is 26.2 Å². The van der Waals surface area contributed by atoms with Crippen LogP contribution in [-0.4, -0.2) is 68.2 Å². The molecule has 2 saturated heterocycles. The summed E-state index contributed by atoms with van der Waals surface area (Å²) in [5.41, 5.74) is 1.16. The lowest BCUT2D eigenvalue weighted by Crippen LogP contribution is -2.44. The van der Waals surface area contributed by atoms with Crippen LogP contribution in [0.2, 0.25) is 0 Å². The summed E-state index contributed by atoms with van der Waals surface area (Å²) in [5, 5.41) is 12.1. The Morgan fingerprint density at radius 3 is 2.73 bits per heavy atom. The highest BCUT2D eigenvalue weighted by Gasteiger charge is 2.26. The second-order valence-electron chi connectivity index (χ2n) is 8.61. The van der Waals surface area contributed by atoms with Gasteiger partial charge < -0.3 is 9.64 Å².